The van der Waals surface area contributed by atoms with Crippen molar-refractivity contribution in [3.05, 3.63) is 34.6 Å². The molecular weight excluding hydrogens is 280 g/mol. The highest BCUT2D eigenvalue weighted by molar-refractivity contribution is 6.29. The van der Waals surface area contributed by atoms with Crippen LogP contribution in [0.1, 0.15) is 17.3 Å². The number of urea groups is 1. The topological polar surface area (TPSA) is 95.6 Å². The number of aryl methyl sites for hydroxylation is 2. The van der Waals surface area contributed by atoms with Crippen LogP contribution in [-0.2, 0) is 6.42 Å². The number of carbonyl (C=O) groups is 1. The number of carbonyl (C=O) groups excluding carboxylic acids is 1. The van der Waals surface area contributed by atoms with Crippen molar-refractivity contribution in [3.63, 3.8) is 0 Å². The smallest absolute Gasteiger partial charge is 0.319 e. The number of aromatic amines is 1. The van der Waals surface area contributed by atoms with Gasteiger partial charge in [0, 0.05) is 13.0 Å². The molecule has 20 heavy (non-hydrogen) atoms. The second-order valence-corrected chi connectivity index (χ2v) is 4.62. The van der Waals surface area contributed by atoms with Crippen molar-refractivity contribution in [1.82, 2.24) is 25.5 Å². The number of anilines is 1. The maximum absolute atomic E-state index is 11.7. The molecule has 0 spiro atoms. The summed E-state index contributed by atoms with van der Waals surface area (Å²) in [7, 11) is 0. The fourth-order valence-electron chi connectivity index (χ4n) is 1.62. The Bertz CT molecular complexity index is 612. The zero-order valence-electron chi connectivity index (χ0n) is 11.2. The number of H-pyrrole nitrogens is 1. The minimum atomic E-state index is -0.301. The van der Waals surface area contributed by atoms with E-state index in [1.54, 1.807) is 19.1 Å². The molecule has 0 aromatic carbocycles. The Kier molecular flexibility index (Phi) is 4.52. The van der Waals surface area contributed by atoms with Crippen LogP contribution in [0.3, 0.4) is 0 Å². The second-order valence-electron chi connectivity index (χ2n) is 4.23. The van der Waals surface area contributed by atoms with Gasteiger partial charge in [-0.3, -0.25) is 5.10 Å². The van der Waals surface area contributed by atoms with Crippen LogP contribution < -0.4 is 10.6 Å². The average molecular weight is 295 g/mol. The van der Waals surface area contributed by atoms with Crippen LogP contribution >= 0.6 is 11.6 Å². The van der Waals surface area contributed by atoms with Gasteiger partial charge in [0.05, 0.1) is 11.4 Å². The first kappa shape index (κ1) is 14.3. The van der Waals surface area contributed by atoms with Crippen LogP contribution in [-0.4, -0.2) is 32.7 Å². The Hall–Kier alpha value is -2.15. The van der Waals surface area contributed by atoms with Gasteiger partial charge < -0.3 is 10.6 Å². The lowest BCUT2D eigenvalue weighted by Crippen LogP contribution is -2.31. The maximum Gasteiger partial charge on any atom is 0.319 e. The highest BCUT2D eigenvalue weighted by Gasteiger charge is 2.06. The van der Waals surface area contributed by atoms with Crippen molar-refractivity contribution >= 4 is 23.3 Å². The number of nitrogens with zero attached hydrogens (tertiary/aromatic N) is 3. The van der Waals surface area contributed by atoms with E-state index in [1.165, 1.54) is 0 Å². The summed E-state index contributed by atoms with van der Waals surface area (Å²) >= 11 is 5.75. The largest absolute Gasteiger partial charge is 0.337 e. The molecule has 0 aliphatic heterocycles. The molecular formula is C12H15ClN6O. The van der Waals surface area contributed by atoms with Crippen LogP contribution in [0.2, 0.25) is 5.15 Å². The van der Waals surface area contributed by atoms with E-state index in [1.807, 2.05) is 6.92 Å². The van der Waals surface area contributed by atoms with E-state index >= 15 is 0 Å². The molecule has 0 saturated heterocycles. The number of pyridine rings is 1. The number of nitrogens with one attached hydrogen (secondary N) is 3. The monoisotopic (exact) mass is 294 g/mol. The third kappa shape index (κ3) is 3.92. The van der Waals surface area contributed by atoms with Crippen molar-refractivity contribution in [3.8, 4) is 0 Å². The molecule has 3 N–H and O–H groups in total. The fourth-order valence-corrected chi connectivity index (χ4v) is 1.81. The molecule has 0 atom stereocenters. The van der Waals surface area contributed by atoms with Crippen molar-refractivity contribution in [2.75, 3.05) is 11.9 Å². The molecule has 0 fully saturated rings. The predicted molar refractivity (Wildman–Crippen MR) is 75.8 cm³/mol. The molecule has 2 rings (SSSR count). The Morgan fingerprint density at radius 1 is 1.35 bits per heavy atom. The van der Waals surface area contributed by atoms with Crippen LogP contribution in [0.4, 0.5) is 10.5 Å². The molecule has 7 nitrogen and oxygen atoms in total. The van der Waals surface area contributed by atoms with Gasteiger partial charge in [-0.25, -0.2) is 14.8 Å². The zero-order valence-corrected chi connectivity index (χ0v) is 12.0. The third-order valence-corrected chi connectivity index (χ3v) is 2.79. The summed E-state index contributed by atoms with van der Waals surface area (Å²) < 4.78 is 0. The predicted octanol–water partition coefficient (Wildman–Crippen LogP) is 1.83. The third-order valence-electron chi connectivity index (χ3n) is 2.58. The Morgan fingerprint density at radius 3 is 2.80 bits per heavy atom. The molecule has 0 unspecified atom stereocenters. The van der Waals surface area contributed by atoms with Gasteiger partial charge in [-0.2, -0.15) is 5.10 Å². The number of amides is 2. The van der Waals surface area contributed by atoms with E-state index in [2.05, 4.69) is 30.8 Å². The minimum absolute atomic E-state index is 0.301. The molecule has 0 bridgehead atoms. The molecule has 2 heterocycles. The number of halogens is 1. The van der Waals surface area contributed by atoms with Crippen molar-refractivity contribution < 1.29 is 4.79 Å². The molecule has 2 aromatic rings. The highest BCUT2D eigenvalue weighted by atomic mass is 35.5. The lowest BCUT2D eigenvalue weighted by atomic mass is 10.3. The summed E-state index contributed by atoms with van der Waals surface area (Å²) in [5, 5.41) is 12.6. The summed E-state index contributed by atoms with van der Waals surface area (Å²) in [6.45, 7) is 4.05. The van der Waals surface area contributed by atoms with Gasteiger partial charge in [-0.05, 0) is 26.0 Å². The van der Waals surface area contributed by atoms with Gasteiger partial charge in [0.15, 0.2) is 5.82 Å². The SMILES string of the molecule is Cc1nc(CCNC(=O)Nc2ccc(Cl)nc2C)n[nH]1. The normalized spacial score (nSPS) is 10.3. The summed E-state index contributed by atoms with van der Waals surface area (Å²) in [6.07, 6.45) is 0.565. The van der Waals surface area contributed by atoms with Crippen LogP contribution in [0.25, 0.3) is 0 Å². The number of aromatic nitrogens is 4. The number of rotatable bonds is 4. The molecule has 2 amide bonds. The standard InChI is InChI=1S/C12H15ClN6O/c1-7-9(3-4-10(13)15-7)17-12(20)14-6-5-11-16-8(2)18-19-11/h3-4H,5-6H2,1-2H3,(H2,14,17,20)(H,16,18,19). The fraction of sp³-hybridized carbons (Fsp3) is 0.333. The Labute approximate surface area is 121 Å². The number of hydrogen-bond acceptors (Lipinski definition) is 4. The molecule has 0 radical (unpaired) electrons. The van der Waals surface area contributed by atoms with E-state index in [-0.39, 0.29) is 6.03 Å². The van der Waals surface area contributed by atoms with E-state index in [9.17, 15) is 4.79 Å². The highest BCUT2D eigenvalue weighted by Crippen LogP contribution is 2.15. The second kappa shape index (κ2) is 6.33. The average Bonchev–Trinajstić information content (AvgIpc) is 2.79. The molecule has 106 valence electrons. The van der Waals surface area contributed by atoms with Gasteiger partial charge in [0.1, 0.15) is 11.0 Å². The van der Waals surface area contributed by atoms with E-state index in [4.69, 9.17) is 11.6 Å². The van der Waals surface area contributed by atoms with E-state index in [0.717, 1.165) is 5.82 Å². The molecule has 0 aliphatic carbocycles. The number of hydrogen-bond donors (Lipinski definition) is 3. The summed E-state index contributed by atoms with van der Waals surface area (Å²) in [4.78, 5) is 19.9. The van der Waals surface area contributed by atoms with Crippen LogP contribution in [0.15, 0.2) is 12.1 Å². The molecule has 0 aliphatic rings. The van der Waals surface area contributed by atoms with Gasteiger partial charge in [0.2, 0.25) is 0 Å². The molecule has 0 saturated carbocycles. The zero-order chi connectivity index (χ0) is 14.5. The summed E-state index contributed by atoms with van der Waals surface area (Å²) in [5.41, 5.74) is 1.29. The van der Waals surface area contributed by atoms with Gasteiger partial charge in [0.25, 0.3) is 0 Å². The van der Waals surface area contributed by atoms with E-state index in [0.29, 0.717) is 35.3 Å². The Morgan fingerprint density at radius 2 is 2.15 bits per heavy atom. The van der Waals surface area contributed by atoms with Crippen LogP contribution in [0, 0.1) is 13.8 Å². The first-order valence-electron chi connectivity index (χ1n) is 6.10. The maximum atomic E-state index is 11.7. The van der Waals surface area contributed by atoms with Crippen molar-refractivity contribution in [2.24, 2.45) is 0 Å². The van der Waals surface area contributed by atoms with E-state index < -0.39 is 0 Å². The summed E-state index contributed by atoms with van der Waals surface area (Å²) in [6, 6.07) is 3.04. The molecule has 8 heteroatoms. The lowest BCUT2D eigenvalue weighted by Gasteiger charge is -2.08. The lowest BCUT2D eigenvalue weighted by molar-refractivity contribution is 0.252. The van der Waals surface area contributed by atoms with Gasteiger partial charge >= 0.3 is 6.03 Å². The van der Waals surface area contributed by atoms with Crippen molar-refractivity contribution in [1.29, 1.82) is 0 Å². The quantitative estimate of drug-likeness (QED) is 0.750. The minimum Gasteiger partial charge on any atom is -0.337 e. The van der Waals surface area contributed by atoms with Gasteiger partial charge in [-0.1, -0.05) is 11.6 Å². The van der Waals surface area contributed by atoms with Crippen molar-refractivity contribution in [2.45, 2.75) is 20.3 Å². The molecule has 2 aromatic heterocycles. The van der Waals surface area contributed by atoms with Crippen LogP contribution in [0.5, 0.6) is 0 Å². The first-order chi connectivity index (χ1) is 9.54. The Balaban J connectivity index is 1.80. The van der Waals surface area contributed by atoms with Gasteiger partial charge in [-0.15, -0.1) is 0 Å². The summed E-state index contributed by atoms with van der Waals surface area (Å²) in [5.74, 6) is 1.43. The first-order valence-corrected chi connectivity index (χ1v) is 6.48.